The van der Waals surface area contributed by atoms with Crippen LogP contribution >= 0.6 is 0 Å². The van der Waals surface area contributed by atoms with E-state index < -0.39 is 16.3 Å². The van der Waals surface area contributed by atoms with E-state index in [0.29, 0.717) is 6.42 Å². The molecule has 0 rings (SSSR count). The largest absolute Gasteiger partial charge is 0.391 e. The molecule has 0 saturated carbocycles. The van der Waals surface area contributed by atoms with Crippen LogP contribution in [0.5, 0.6) is 0 Å². The van der Waals surface area contributed by atoms with Gasteiger partial charge in [-0.05, 0) is 6.42 Å². The van der Waals surface area contributed by atoms with Crippen molar-refractivity contribution < 1.29 is 18.3 Å². The SMILES string of the molecule is CNS(=O)(=O)NCCC(O)COC. The maximum Gasteiger partial charge on any atom is 0.276 e. The first-order valence-electron chi connectivity index (χ1n) is 3.87. The van der Waals surface area contributed by atoms with Gasteiger partial charge >= 0.3 is 0 Å². The Hall–Kier alpha value is -0.210. The summed E-state index contributed by atoms with van der Waals surface area (Å²) >= 11 is 0. The number of aliphatic hydroxyl groups is 1. The lowest BCUT2D eigenvalue weighted by Crippen LogP contribution is -2.36. The summed E-state index contributed by atoms with van der Waals surface area (Å²) in [5.41, 5.74) is 0. The molecule has 0 bridgehead atoms. The molecule has 0 aliphatic heterocycles. The number of rotatable bonds is 7. The van der Waals surface area contributed by atoms with Crippen LogP contribution in [0.3, 0.4) is 0 Å². The predicted octanol–water partition coefficient (Wildman–Crippen LogP) is -1.56. The molecule has 0 fully saturated rings. The smallest absolute Gasteiger partial charge is 0.276 e. The van der Waals surface area contributed by atoms with Crippen LogP contribution in [-0.4, -0.2) is 46.9 Å². The summed E-state index contributed by atoms with van der Waals surface area (Å²) in [5, 5.41) is 9.14. The average Bonchev–Trinajstić information content (AvgIpc) is 2.05. The monoisotopic (exact) mass is 212 g/mol. The van der Waals surface area contributed by atoms with E-state index in [1.165, 1.54) is 14.2 Å². The third kappa shape index (κ3) is 6.91. The first-order valence-corrected chi connectivity index (χ1v) is 5.35. The normalized spacial score (nSPS) is 14.4. The van der Waals surface area contributed by atoms with E-state index in [1.807, 2.05) is 0 Å². The topological polar surface area (TPSA) is 87.7 Å². The van der Waals surface area contributed by atoms with Gasteiger partial charge in [-0.15, -0.1) is 0 Å². The first-order chi connectivity index (χ1) is 6.02. The van der Waals surface area contributed by atoms with Crippen LogP contribution in [0.15, 0.2) is 0 Å². The lowest BCUT2D eigenvalue weighted by Gasteiger charge is -2.09. The average molecular weight is 212 g/mol. The van der Waals surface area contributed by atoms with Crippen LogP contribution in [-0.2, 0) is 14.9 Å². The molecule has 0 spiro atoms. The zero-order valence-electron chi connectivity index (χ0n) is 7.78. The second-order valence-electron chi connectivity index (χ2n) is 2.50. The highest BCUT2D eigenvalue weighted by molar-refractivity contribution is 7.87. The van der Waals surface area contributed by atoms with E-state index in [1.54, 1.807) is 0 Å². The third-order valence-corrected chi connectivity index (χ3v) is 2.52. The Labute approximate surface area is 78.5 Å². The zero-order chi connectivity index (χ0) is 10.3. The molecule has 0 amide bonds. The molecule has 0 heterocycles. The second-order valence-corrected chi connectivity index (χ2v) is 4.20. The van der Waals surface area contributed by atoms with Gasteiger partial charge in [0.2, 0.25) is 0 Å². The van der Waals surface area contributed by atoms with E-state index >= 15 is 0 Å². The van der Waals surface area contributed by atoms with Crippen molar-refractivity contribution in [3.05, 3.63) is 0 Å². The van der Waals surface area contributed by atoms with E-state index in [-0.39, 0.29) is 13.2 Å². The highest BCUT2D eigenvalue weighted by Crippen LogP contribution is 1.90. The molecule has 0 aliphatic carbocycles. The zero-order valence-corrected chi connectivity index (χ0v) is 8.60. The highest BCUT2D eigenvalue weighted by Gasteiger charge is 2.07. The summed E-state index contributed by atoms with van der Waals surface area (Å²) in [6.45, 7) is 0.398. The summed E-state index contributed by atoms with van der Waals surface area (Å²) in [7, 11) is -0.595. The molecule has 6 nitrogen and oxygen atoms in total. The molecule has 0 aromatic heterocycles. The minimum Gasteiger partial charge on any atom is -0.391 e. The van der Waals surface area contributed by atoms with E-state index in [9.17, 15) is 8.42 Å². The molecule has 0 radical (unpaired) electrons. The molecule has 1 unspecified atom stereocenters. The van der Waals surface area contributed by atoms with Crippen LogP contribution in [0.25, 0.3) is 0 Å². The molecular weight excluding hydrogens is 196 g/mol. The first kappa shape index (κ1) is 12.8. The molecule has 13 heavy (non-hydrogen) atoms. The van der Waals surface area contributed by atoms with Crippen molar-refractivity contribution in [3.8, 4) is 0 Å². The molecule has 0 saturated heterocycles. The summed E-state index contributed by atoms with van der Waals surface area (Å²) in [5.74, 6) is 0. The number of aliphatic hydroxyl groups excluding tert-OH is 1. The Balaban J connectivity index is 3.56. The van der Waals surface area contributed by atoms with Gasteiger partial charge in [-0.25, -0.2) is 9.44 Å². The van der Waals surface area contributed by atoms with Crippen molar-refractivity contribution >= 4 is 10.2 Å². The molecule has 0 aliphatic rings. The fourth-order valence-electron chi connectivity index (χ4n) is 0.708. The van der Waals surface area contributed by atoms with Gasteiger partial charge in [0.1, 0.15) is 0 Å². The van der Waals surface area contributed by atoms with E-state index in [2.05, 4.69) is 14.2 Å². The van der Waals surface area contributed by atoms with Crippen molar-refractivity contribution in [1.29, 1.82) is 0 Å². The minimum absolute atomic E-state index is 0.188. The molecular formula is C6H16N2O4S. The van der Waals surface area contributed by atoms with Gasteiger partial charge in [0, 0.05) is 20.7 Å². The van der Waals surface area contributed by atoms with Crippen LogP contribution in [0, 0.1) is 0 Å². The van der Waals surface area contributed by atoms with Gasteiger partial charge in [-0.2, -0.15) is 8.42 Å². The predicted molar refractivity (Wildman–Crippen MR) is 48.5 cm³/mol. The van der Waals surface area contributed by atoms with Gasteiger partial charge in [-0.1, -0.05) is 0 Å². The number of methoxy groups -OCH3 is 1. The summed E-state index contributed by atoms with van der Waals surface area (Å²) in [4.78, 5) is 0. The Morgan fingerprint density at radius 1 is 1.54 bits per heavy atom. The van der Waals surface area contributed by atoms with Crippen LogP contribution in [0.1, 0.15) is 6.42 Å². The molecule has 3 N–H and O–H groups in total. The summed E-state index contributed by atoms with van der Waals surface area (Å²) in [6, 6.07) is 0. The quantitative estimate of drug-likeness (QED) is 0.476. The lowest BCUT2D eigenvalue weighted by atomic mass is 10.3. The van der Waals surface area contributed by atoms with E-state index in [4.69, 9.17) is 5.11 Å². The summed E-state index contributed by atoms with van der Waals surface area (Å²) < 4.78 is 30.6. The van der Waals surface area contributed by atoms with Gasteiger partial charge < -0.3 is 9.84 Å². The second kappa shape index (κ2) is 6.28. The van der Waals surface area contributed by atoms with Crippen LogP contribution in [0.2, 0.25) is 0 Å². The maximum absolute atomic E-state index is 10.8. The van der Waals surface area contributed by atoms with Gasteiger partial charge in [-0.3, -0.25) is 0 Å². The van der Waals surface area contributed by atoms with Crippen molar-refractivity contribution in [2.45, 2.75) is 12.5 Å². The fraction of sp³-hybridized carbons (Fsp3) is 1.00. The van der Waals surface area contributed by atoms with Crippen molar-refractivity contribution in [1.82, 2.24) is 9.44 Å². The van der Waals surface area contributed by atoms with Crippen molar-refractivity contribution in [2.75, 3.05) is 27.3 Å². The number of nitrogens with one attached hydrogen (secondary N) is 2. The summed E-state index contributed by atoms with van der Waals surface area (Å²) in [6.07, 6.45) is -0.307. The maximum atomic E-state index is 10.8. The van der Waals surface area contributed by atoms with Crippen LogP contribution in [0.4, 0.5) is 0 Å². The molecule has 1 atom stereocenters. The fourth-order valence-corrected chi connectivity index (χ4v) is 1.24. The van der Waals surface area contributed by atoms with Gasteiger partial charge in [0.15, 0.2) is 0 Å². The van der Waals surface area contributed by atoms with Crippen molar-refractivity contribution in [2.24, 2.45) is 0 Å². The highest BCUT2D eigenvalue weighted by atomic mass is 32.2. The number of hydrogen-bond acceptors (Lipinski definition) is 4. The molecule has 80 valence electrons. The Morgan fingerprint density at radius 3 is 2.62 bits per heavy atom. The third-order valence-electron chi connectivity index (χ3n) is 1.40. The van der Waals surface area contributed by atoms with Crippen molar-refractivity contribution in [3.63, 3.8) is 0 Å². The molecule has 0 aromatic carbocycles. The minimum atomic E-state index is -3.38. The standard InChI is InChI=1S/C6H16N2O4S/c1-7-13(10,11)8-4-3-6(9)5-12-2/h6-9H,3-5H2,1-2H3. The number of hydrogen-bond donors (Lipinski definition) is 3. The number of ether oxygens (including phenoxy) is 1. The Kier molecular flexibility index (Phi) is 6.17. The van der Waals surface area contributed by atoms with E-state index in [0.717, 1.165) is 0 Å². The molecule has 7 heteroatoms. The van der Waals surface area contributed by atoms with Gasteiger partial charge in [0.05, 0.1) is 12.7 Å². The molecule has 0 aromatic rings. The Morgan fingerprint density at radius 2 is 2.15 bits per heavy atom. The Bertz CT molecular complexity index is 217. The van der Waals surface area contributed by atoms with Gasteiger partial charge in [0.25, 0.3) is 10.2 Å². The lowest BCUT2D eigenvalue weighted by molar-refractivity contribution is 0.0603. The van der Waals surface area contributed by atoms with Crippen LogP contribution < -0.4 is 9.44 Å².